The molecule has 2 aromatic rings. The van der Waals surface area contributed by atoms with Gasteiger partial charge in [0.25, 0.3) is 0 Å². The Morgan fingerprint density at radius 2 is 1.85 bits per heavy atom. The van der Waals surface area contributed by atoms with Crippen molar-refractivity contribution in [1.82, 2.24) is 5.32 Å². The van der Waals surface area contributed by atoms with Crippen LogP contribution in [0.15, 0.2) is 48.5 Å². The Morgan fingerprint density at radius 1 is 1.11 bits per heavy atom. The Morgan fingerprint density at radius 3 is 2.56 bits per heavy atom. The first kappa shape index (κ1) is 20.3. The van der Waals surface area contributed by atoms with Crippen LogP contribution in [0.4, 0.5) is 0 Å². The molecule has 2 atom stereocenters. The quantitative estimate of drug-likeness (QED) is 0.625. The van der Waals surface area contributed by atoms with E-state index >= 15 is 0 Å². The minimum absolute atomic E-state index is 0.192. The maximum Gasteiger partial charge on any atom is 0.0942 e. The summed E-state index contributed by atoms with van der Waals surface area (Å²) in [5, 5.41) is 16.2. The number of methoxy groups -OCH3 is 1. The maximum absolute atomic E-state index is 12.0. The second kappa shape index (κ2) is 9.70. The van der Waals surface area contributed by atoms with E-state index in [-0.39, 0.29) is 5.92 Å². The highest BCUT2D eigenvalue weighted by atomic mass is 35.5. The standard InChI is InChI=1S/C23H30ClNO2/c1-27-16-7-6-14-23(26,18-9-8-15-25-17-18)21-12-4-2-10-19(21)20-11-3-5-13-22(20)24/h2-5,10-13,18,25-26H,6-9,14-17H2,1H3/t18-,23?/m1/s1. The van der Waals surface area contributed by atoms with E-state index in [9.17, 15) is 5.11 Å². The average Bonchev–Trinajstić information content (AvgIpc) is 2.72. The zero-order valence-electron chi connectivity index (χ0n) is 16.1. The molecule has 0 radical (unpaired) electrons. The summed E-state index contributed by atoms with van der Waals surface area (Å²) in [6, 6.07) is 16.1. The molecule has 1 heterocycles. The van der Waals surface area contributed by atoms with Crippen LogP contribution < -0.4 is 5.32 Å². The predicted molar refractivity (Wildman–Crippen MR) is 112 cm³/mol. The molecule has 2 N–H and O–H groups in total. The molecule has 1 fully saturated rings. The Kier molecular flexibility index (Phi) is 7.31. The second-order valence-corrected chi connectivity index (χ2v) is 7.85. The lowest BCUT2D eigenvalue weighted by molar-refractivity contribution is -0.0429. The van der Waals surface area contributed by atoms with Crippen molar-refractivity contribution in [3.63, 3.8) is 0 Å². The van der Waals surface area contributed by atoms with E-state index in [1.54, 1.807) is 7.11 Å². The highest BCUT2D eigenvalue weighted by Crippen LogP contribution is 2.43. The molecule has 1 aliphatic heterocycles. The summed E-state index contributed by atoms with van der Waals surface area (Å²) >= 11 is 6.50. The van der Waals surface area contributed by atoms with E-state index in [4.69, 9.17) is 16.3 Å². The molecule has 0 amide bonds. The van der Waals surface area contributed by atoms with Gasteiger partial charge in [0, 0.05) is 36.8 Å². The van der Waals surface area contributed by atoms with Gasteiger partial charge in [-0.3, -0.25) is 0 Å². The number of aliphatic hydroxyl groups is 1. The topological polar surface area (TPSA) is 41.5 Å². The number of hydrogen-bond donors (Lipinski definition) is 2. The van der Waals surface area contributed by atoms with Gasteiger partial charge < -0.3 is 15.2 Å². The van der Waals surface area contributed by atoms with Crippen LogP contribution >= 0.6 is 11.6 Å². The van der Waals surface area contributed by atoms with Gasteiger partial charge in [-0.05, 0) is 55.8 Å². The van der Waals surface area contributed by atoms with Crippen molar-refractivity contribution in [2.24, 2.45) is 5.92 Å². The van der Waals surface area contributed by atoms with Gasteiger partial charge in [0.1, 0.15) is 0 Å². The highest BCUT2D eigenvalue weighted by molar-refractivity contribution is 6.33. The Hall–Kier alpha value is -1.39. The Balaban J connectivity index is 2.00. The molecule has 1 aliphatic rings. The monoisotopic (exact) mass is 387 g/mol. The summed E-state index contributed by atoms with van der Waals surface area (Å²) in [4.78, 5) is 0. The van der Waals surface area contributed by atoms with Crippen LogP contribution in [0, 0.1) is 5.92 Å². The largest absolute Gasteiger partial charge is 0.385 e. The van der Waals surface area contributed by atoms with Gasteiger partial charge in [-0.25, -0.2) is 0 Å². The number of ether oxygens (including phenoxy) is 1. The van der Waals surface area contributed by atoms with Gasteiger partial charge in [0.2, 0.25) is 0 Å². The first-order chi connectivity index (χ1) is 13.2. The van der Waals surface area contributed by atoms with Crippen LogP contribution in [0.2, 0.25) is 5.02 Å². The molecule has 2 aromatic carbocycles. The minimum Gasteiger partial charge on any atom is -0.385 e. The molecular weight excluding hydrogens is 358 g/mol. The van der Waals surface area contributed by atoms with E-state index in [2.05, 4.69) is 17.4 Å². The molecule has 3 rings (SSSR count). The number of rotatable bonds is 8. The maximum atomic E-state index is 12.0. The first-order valence-electron chi connectivity index (χ1n) is 9.93. The summed E-state index contributed by atoms with van der Waals surface area (Å²) in [5.74, 6) is 0.192. The van der Waals surface area contributed by atoms with Gasteiger partial charge in [-0.2, -0.15) is 0 Å². The molecule has 0 bridgehead atoms. The molecule has 1 unspecified atom stereocenters. The normalized spacial score (nSPS) is 19.6. The van der Waals surface area contributed by atoms with Crippen molar-refractivity contribution in [2.75, 3.05) is 26.8 Å². The fraction of sp³-hybridized carbons (Fsp3) is 0.478. The highest BCUT2D eigenvalue weighted by Gasteiger charge is 2.40. The molecule has 0 spiro atoms. The average molecular weight is 388 g/mol. The van der Waals surface area contributed by atoms with Crippen molar-refractivity contribution in [2.45, 2.75) is 37.7 Å². The van der Waals surface area contributed by atoms with Gasteiger partial charge >= 0.3 is 0 Å². The van der Waals surface area contributed by atoms with E-state index < -0.39 is 5.60 Å². The number of benzene rings is 2. The lowest BCUT2D eigenvalue weighted by Gasteiger charge is -2.40. The zero-order valence-corrected chi connectivity index (χ0v) is 16.8. The van der Waals surface area contributed by atoms with Crippen LogP contribution in [-0.4, -0.2) is 31.9 Å². The fourth-order valence-electron chi connectivity index (χ4n) is 4.23. The third-order valence-electron chi connectivity index (χ3n) is 5.69. The van der Waals surface area contributed by atoms with E-state index in [1.807, 2.05) is 36.4 Å². The second-order valence-electron chi connectivity index (χ2n) is 7.44. The molecule has 0 aromatic heterocycles. The third kappa shape index (κ3) is 4.72. The van der Waals surface area contributed by atoms with Crippen LogP contribution in [0.3, 0.4) is 0 Å². The smallest absolute Gasteiger partial charge is 0.0942 e. The summed E-state index contributed by atoms with van der Waals surface area (Å²) in [7, 11) is 1.73. The third-order valence-corrected chi connectivity index (χ3v) is 6.02. The van der Waals surface area contributed by atoms with Gasteiger partial charge in [0.05, 0.1) is 5.60 Å². The van der Waals surface area contributed by atoms with Gasteiger partial charge in [-0.1, -0.05) is 54.1 Å². The van der Waals surface area contributed by atoms with Crippen molar-refractivity contribution in [3.05, 3.63) is 59.1 Å². The van der Waals surface area contributed by atoms with Crippen molar-refractivity contribution >= 4 is 11.6 Å². The Bertz CT molecular complexity index is 730. The molecule has 1 saturated heterocycles. The molecule has 4 heteroatoms. The van der Waals surface area contributed by atoms with Crippen molar-refractivity contribution in [1.29, 1.82) is 0 Å². The number of nitrogens with one attached hydrogen (secondary N) is 1. The minimum atomic E-state index is -0.878. The van der Waals surface area contributed by atoms with Crippen molar-refractivity contribution < 1.29 is 9.84 Å². The number of halogens is 1. The molecule has 146 valence electrons. The van der Waals surface area contributed by atoms with Crippen LogP contribution in [0.5, 0.6) is 0 Å². The molecule has 3 nitrogen and oxygen atoms in total. The number of piperidine rings is 1. The zero-order chi connectivity index (χ0) is 19.1. The van der Waals surface area contributed by atoms with E-state index in [0.717, 1.165) is 68.5 Å². The Labute approximate surface area is 167 Å². The fourth-order valence-corrected chi connectivity index (χ4v) is 4.47. The van der Waals surface area contributed by atoms with Crippen LogP contribution in [0.25, 0.3) is 11.1 Å². The van der Waals surface area contributed by atoms with Gasteiger partial charge in [0.15, 0.2) is 0 Å². The van der Waals surface area contributed by atoms with Crippen LogP contribution in [0.1, 0.15) is 37.7 Å². The summed E-state index contributed by atoms with van der Waals surface area (Å²) in [5.41, 5.74) is 2.12. The molecule has 27 heavy (non-hydrogen) atoms. The molecule has 0 aliphatic carbocycles. The number of hydrogen-bond acceptors (Lipinski definition) is 3. The lowest BCUT2D eigenvalue weighted by atomic mass is 9.72. The number of unbranched alkanes of at least 4 members (excludes halogenated alkanes) is 1. The van der Waals surface area contributed by atoms with E-state index in [0.29, 0.717) is 5.02 Å². The summed E-state index contributed by atoms with van der Waals surface area (Å²) in [6.45, 7) is 2.60. The summed E-state index contributed by atoms with van der Waals surface area (Å²) < 4.78 is 5.21. The lowest BCUT2D eigenvalue weighted by Crippen LogP contribution is -2.44. The molecular formula is C23H30ClNO2. The van der Waals surface area contributed by atoms with Crippen LogP contribution in [-0.2, 0) is 10.3 Å². The van der Waals surface area contributed by atoms with Crippen molar-refractivity contribution in [3.8, 4) is 11.1 Å². The van der Waals surface area contributed by atoms with Gasteiger partial charge in [-0.15, -0.1) is 0 Å². The first-order valence-corrected chi connectivity index (χ1v) is 10.3. The predicted octanol–water partition coefficient (Wildman–Crippen LogP) is 5.01. The molecule has 0 saturated carbocycles. The SMILES string of the molecule is COCCCCC(O)(c1ccccc1-c1ccccc1Cl)[C@@H]1CCCNC1. The van der Waals surface area contributed by atoms with E-state index in [1.165, 1.54) is 0 Å². The summed E-state index contributed by atoms with van der Waals surface area (Å²) in [6.07, 6.45) is 4.74.